The number of thiazole rings is 1. The molecule has 1 aliphatic heterocycles. The zero-order valence-corrected chi connectivity index (χ0v) is 19.3. The van der Waals surface area contributed by atoms with Crippen molar-refractivity contribution in [2.24, 2.45) is 4.99 Å². The van der Waals surface area contributed by atoms with E-state index < -0.39 is 0 Å². The van der Waals surface area contributed by atoms with Crippen LogP contribution in [0.1, 0.15) is 50.5 Å². The molecule has 0 saturated carbocycles. The first-order valence-corrected chi connectivity index (χ1v) is 11.2. The smallest absolute Gasteiger partial charge is 0.191 e. The van der Waals surface area contributed by atoms with Crippen molar-refractivity contribution >= 4 is 40.1 Å². The molecule has 1 atom stereocenters. The van der Waals surface area contributed by atoms with E-state index >= 15 is 0 Å². The first kappa shape index (κ1) is 21.5. The molecule has 1 aromatic heterocycles. The number of aromatic nitrogens is 1. The van der Waals surface area contributed by atoms with Gasteiger partial charge in [-0.1, -0.05) is 51.0 Å². The van der Waals surface area contributed by atoms with E-state index in [0.717, 1.165) is 23.5 Å². The number of hydrogen-bond acceptors (Lipinski definition) is 4. The fourth-order valence-electron chi connectivity index (χ4n) is 3.26. The van der Waals surface area contributed by atoms with E-state index in [2.05, 4.69) is 36.9 Å². The van der Waals surface area contributed by atoms with Crippen LogP contribution in [0.5, 0.6) is 5.75 Å². The van der Waals surface area contributed by atoms with Gasteiger partial charge in [0.1, 0.15) is 10.7 Å². The SMILES string of the molecule is COc1ccc(Cl)cc1C(=S)N=c1sc(C(C)(C)C)cn1C[C@H]1CCCCN1. The quantitative estimate of drug-likeness (QED) is 0.689. The van der Waals surface area contributed by atoms with Crippen molar-refractivity contribution in [2.45, 2.75) is 58.0 Å². The van der Waals surface area contributed by atoms with E-state index in [4.69, 9.17) is 33.5 Å². The molecule has 1 N–H and O–H groups in total. The summed E-state index contributed by atoms with van der Waals surface area (Å²) < 4.78 is 7.70. The fraction of sp³-hybridized carbons (Fsp3) is 0.524. The van der Waals surface area contributed by atoms with E-state index in [1.54, 1.807) is 24.5 Å². The van der Waals surface area contributed by atoms with Gasteiger partial charge in [0.25, 0.3) is 0 Å². The maximum atomic E-state index is 6.18. The number of ether oxygens (including phenoxy) is 1. The second-order valence-corrected chi connectivity index (χ2v) is 10.0. The van der Waals surface area contributed by atoms with Crippen LogP contribution in [0.4, 0.5) is 0 Å². The summed E-state index contributed by atoms with van der Waals surface area (Å²) >= 11 is 13.5. The normalized spacial score (nSPS) is 18.3. The molecule has 1 saturated heterocycles. The maximum absolute atomic E-state index is 6.18. The minimum absolute atomic E-state index is 0.0650. The van der Waals surface area contributed by atoms with Gasteiger partial charge in [0, 0.05) is 28.7 Å². The van der Waals surface area contributed by atoms with Gasteiger partial charge < -0.3 is 14.6 Å². The third kappa shape index (κ3) is 5.23. The third-order valence-electron chi connectivity index (χ3n) is 4.88. The van der Waals surface area contributed by atoms with Crippen LogP contribution in [-0.2, 0) is 12.0 Å². The lowest BCUT2D eigenvalue weighted by Gasteiger charge is -2.23. The third-order valence-corrected chi connectivity index (χ3v) is 6.87. The van der Waals surface area contributed by atoms with E-state index in [0.29, 0.717) is 21.8 Å². The van der Waals surface area contributed by atoms with Gasteiger partial charge >= 0.3 is 0 Å². The van der Waals surface area contributed by atoms with Gasteiger partial charge in [-0.25, -0.2) is 4.99 Å². The Morgan fingerprint density at radius 1 is 1.39 bits per heavy atom. The first-order valence-electron chi connectivity index (χ1n) is 9.64. The van der Waals surface area contributed by atoms with E-state index in [1.165, 1.54) is 24.1 Å². The molecule has 0 radical (unpaired) electrons. The van der Waals surface area contributed by atoms with Crippen LogP contribution in [-0.4, -0.2) is 29.3 Å². The van der Waals surface area contributed by atoms with Crippen molar-refractivity contribution in [1.82, 2.24) is 9.88 Å². The first-order chi connectivity index (χ1) is 13.3. The Balaban J connectivity index is 2.00. The molecular weight excluding hydrogens is 410 g/mol. The molecule has 2 aromatic rings. The summed E-state index contributed by atoms with van der Waals surface area (Å²) in [4.78, 5) is 7.53. The average molecular weight is 438 g/mol. The minimum atomic E-state index is 0.0650. The summed E-state index contributed by atoms with van der Waals surface area (Å²) in [6, 6.07) is 5.92. The summed E-state index contributed by atoms with van der Waals surface area (Å²) in [5.41, 5.74) is 0.813. The molecule has 28 heavy (non-hydrogen) atoms. The minimum Gasteiger partial charge on any atom is -0.496 e. The molecule has 3 rings (SSSR count). The number of nitrogens with one attached hydrogen (secondary N) is 1. The zero-order chi connectivity index (χ0) is 20.3. The number of halogens is 1. The predicted octanol–water partition coefficient (Wildman–Crippen LogP) is 4.93. The Hall–Kier alpha value is -1.21. The second kappa shape index (κ2) is 9.08. The van der Waals surface area contributed by atoms with Crippen molar-refractivity contribution in [3.05, 3.63) is 44.7 Å². The van der Waals surface area contributed by atoms with Crippen molar-refractivity contribution in [2.75, 3.05) is 13.7 Å². The number of hydrogen-bond donors (Lipinski definition) is 1. The van der Waals surface area contributed by atoms with Crippen molar-refractivity contribution in [3.63, 3.8) is 0 Å². The Morgan fingerprint density at radius 2 is 2.18 bits per heavy atom. The Kier molecular flexibility index (Phi) is 6.97. The number of benzene rings is 1. The number of methoxy groups -OCH3 is 1. The molecule has 0 bridgehead atoms. The molecular formula is C21H28ClN3OS2. The lowest BCUT2D eigenvalue weighted by atomic mass is 9.95. The summed E-state index contributed by atoms with van der Waals surface area (Å²) in [7, 11) is 1.63. The van der Waals surface area contributed by atoms with Crippen molar-refractivity contribution in [3.8, 4) is 5.75 Å². The van der Waals surface area contributed by atoms with E-state index in [-0.39, 0.29) is 5.41 Å². The molecule has 0 aliphatic carbocycles. The van der Waals surface area contributed by atoms with Gasteiger partial charge in [-0.15, -0.1) is 11.3 Å². The molecule has 0 amide bonds. The van der Waals surface area contributed by atoms with Gasteiger partial charge in [0.05, 0.1) is 12.7 Å². The molecule has 1 aromatic carbocycles. The number of rotatable bonds is 4. The van der Waals surface area contributed by atoms with Crippen LogP contribution < -0.4 is 14.9 Å². The Bertz CT molecular complexity index is 905. The fourth-order valence-corrected chi connectivity index (χ4v) is 4.80. The highest BCUT2D eigenvalue weighted by atomic mass is 35.5. The zero-order valence-electron chi connectivity index (χ0n) is 16.9. The number of piperidine rings is 1. The number of nitrogens with zero attached hydrogens (tertiary/aromatic N) is 2. The Morgan fingerprint density at radius 3 is 2.82 bits per heavy atom. The lowest BCUT2D eigenvalue weighted by Crippen LogP contribution is -2.39. The van der Waals surface area contributed by atoms with Crippen LogP contribution in [0.15, 0.2) is 29.4 Å². The van der Waals surface area contributed by atoms with Crippen LogP contribution in [0.2, 0.25) is 5.02 Å². The predicted molar refractivity (Wildman–Crippen MR) is 122 cm³/mol. The van der Waals surface area contributed by atoms with Crippen LogP contribution >= 0.6 is 35.2 Å². The standard InChI is InChI=1S/C21H28ClN3OS2/c1-21(2,3)18-13-25(12-15-7-5-6-10-23-15)20(28-18)24-19(27)16-11-14(22)8-9-17(16)26-4/h8-9,11,13,15,23H,5-7,10,12H2,1-4H3/t15-/m1/s1. The highest BCUT2D eigenvalue weighted by Crippen LogP contribution is 2.26. The molecule has 4 nitrogen and oxygen atoms in total. The van der Waals surface area contributed by atoms with Crippen molar-refractivity contribution in [1.29, 1.82) is 0 Å². The van der Waals surface area contributed by atoms with Gasteiger partial charge in [-0.3, -0.25) is 0 Å². The second-order valence-electron chi connectivity index (χ2n) is 8.19. The van der Waals surface area contributed by atoms with E-state index in [1.807, 2.05) is 12.1 Å². The monoisotopic (exact) mass is 437 g/mol. The van der Waals surface area contributed by atoms with Gasteiger partial charge in [-0.2, -0.15) is 0 Å². The molecule has 2 heterocycles. The lowest BCUT2D eigenvalue weighted by molar-refractivity contribution is 0.360. The van der Waals surface area contributed by atoms with E-state index in [9.17, 15) is 0 Å². The molecule has 1 fully saturated rings. The van der Waals surface area contributed by atoms with Crippen LogP contribution in [0.25, 0.3) is 0 Å². The molecule has 0 spiro atoms. The number of thiocarbonyl (C=S) groups is 1. The summed E-state index contributed by atoms with van der Waals surface area (Å²) in [6.45, 7) is 8.67. The maximum Gasteiger partial charge on any atom is 0.191 e. The van der Waals surface area contributed by atoms with Gasteiger partial charge in [0.15, 0.2) is 4.80 Å². The topological polar surface area (TPSA) is 38.5 Å². The van der Waals surface area contributed by atoms with Crippen LogP contribution in [0, 0.1) is 0 Å². The molecule has 152 valence electrons. The largest absolute Gasteiger partial charge is 0.496 e. The van der Waals surface area contributed by atoms with Gasteiger partial charge in [-0.05, 0) is 43.0 Å². The molecule has 1 aliphatic rings. The average Bonchev–Trinajstić information content (AvgIpc) is 3.05. The summed E-state index contributed by atoms with van der Waals surface area (Å²) in [5, 5.41) is 4.24. The van der Waals surface area contributed by atoms with Crippen LogP contribution in [0.3, 0.4) is 0 Å². The molecule has 7 heteroatoms. The highest BCUT2D eigenvalue weighted by molar-refractivity contribution is 7.80. The van der Waals surface area contributed by atoms with Gasteiger partial charge in [0.2, 0.25) is 0 Å². The summed E-state index contributed by atoms with van der Waals surface area (Å²) in [5.74, 6) is 0.686. The van der Waals surface area contributed by atoms with Crippen molar-refractivity contribution < 1.29 is 4.74 Å². The summed E-state index contributed by atoms with van der Waals surface area (Å²) in [6.07, 6.45) is 5.96. The molecule has 0 unspecified atom stereocenters. The Labute approximate surface area is 181 Å². The highest BCUT2D eigenvalue weighted by Gasteiger charge is 2.20.